The van der Waals surface area contributed by atoms with Crippen LogP contribution in [0.2, 0.25) is 0 Å². The average Bonchev–Trinajstić information content (AvgIpc) is 2.46. The highest BCUT2D eigenvalue weighted by atomic mass is 79.9. The van der Waals surface area contributed by atoms with Crippen LogP contribution in [-0.4, -0.2) is 5.11 Å². The molecule has 0 saturated carbocycles. The van der Waals surface area contributed by atoms with Gasteiger partial charge in [0.05, 0.1) is 6.10 Å². The Balaban J connectivity index is 1.88. The number of fused-ring (bicyclic) bond motifs is 1. The number of ether oxygens (including phenoxy) is 1. The summed E-state index contributed by atoms with van der Waals surface area (Å²) in [7, 11) is 0. The van der Waals surface area contributed by atoms with E-state index in [4.69, 9.17) is 4.74 Å². The molecule has 2 aromatic carbocycles. The molecule has 0 saturated heterocycles. The minimum Gasteiger partial charge on any atom is -0.485 e. The van der Waals surface area contributed by atoms with Crippen molar-refractivity contribution in [2.75, 3.05) is 0 Å². The van der Waals surface area contributed by atoms with Crippen LogP contribution in [0.25, 0.3) is 0 Å². The fraction of sp³-hybridized carbons (Fsp3) is 0.333. The highest BCUT2D eigenvalue weighted by Gasteiger charge is 2.28. The molecule has 110 valence electrons. The second-order valence-corrected chi connectivity index (χ2v) is 6.78. The summed E-state index contributed by atoms with van der Waals surface area (Å²) in [5, 5.41) is 10.3. The first-order valence-electron chi connectivity index (χ1n) is 7.28. The Kier molecular flexibility index (Phi) is 4.05. The van der Waals surface area contributed by atoms with Crippen LogP contribution < -0.4 is 4.74 Å². The molecule has 2 aromatic rings. The molecule has 0 aliphatic carbocycles. The third-order valence-corrected chi connectivity index (χ3v) is 4.51. The molecule has 2 unspecified atom stereocenters. The van der Waals surface area contributed by atoms with Crippen molar-refractivity contribution in [2.24, 2.45) is 0 Å². The zero-order valence-electron chi connectivity index (χ0n) is 12.2. The van der Waals surface area contributed by atoms with E-state index in [0.29, 0.717) is 12.3 Å². The summed E-state index contributed by atoms with van der Waals surface area (Å²) < 4.78 is 7.04. The molecular weight excluding hydrogens is 328 g/mol. The van der Waals surface area contributed by atoms with Gasteiger partial charge >= 0.3 is 0 Å². The van der Waals surface area contributed by atoms with Gasteiger partial charge in [0.15, 0.2) is 0 Å². The van der Waals surface area contributed by atoms with Crippen LogP contribution in [0, 0.1) is 0 Å². The molecule has 3 rings (SSSR count). The summed E-state index contributed by atoms with van der Waals surface area (Å²) in [6.07, 6.45) is 0.0231. The molecular formula is C18H19BrO2. The molecule has 0 spiro atoms. The van der Waals surface area contributed by atoms with Gasteiger partial charge in [0.2, 0.25) is 0 Å². The minimum absolute atomic E-state index is 0.0944. The van der Waals surface area contributed by atoms with E-state index < -0.39 is 6.10 Å². The van der Waals surface area contributed by atoms with E-state index in [1.54, 1.807) is 0 Å². The minimum atomic E-state index is -0.475. The molecule has 2 nitrogen and oxygen atoms in total. The summed E-state index contributed by atoms with van der Waals surface area (Å²) in [5.41, 5.74) is 3.30. The molecule has 3 heteroatoms. The summed E-state index contributed by atoms with van der Waals surface area (Å²) in [5.74, 6) is 1.29. The number of benzene rings is 2. The Morgan fingerprint density at radius 3 is 2.52 bits per heavy atom. The fourth-order valence-corrected chi connectivity index (χ4v) is 3.06. The van der Waals surface area contributed by atoms with E-state index in [2.05, 4.69) is 54.0 Å². The fourth-order valence-electron chi connectivity index (χ4n) is 2.72. The Morgan fingerprint density at radius 1 is 1.14 bits per heavy atom. The van der Waals surface area contributed by atoms with Gasteiger partial charge in [-0.05, 0) is 29.2 Å². The van der Waals surface area contributed by atoms with Gasteiger partial charge in [0, 0.05) is 16.5 Å². The van der Waals surface area contributed by atoms with E-state index in [1.807, 2.05) is 18.2 Å². The zero-order chi connectivity index (χ0) is 15.0. The number of rotatable bonds is 2. The van der Waals surface area contributed by atoms with Gasteiger partial charge in [-0.3, -0.25) is 0 Å². The van der Waals surface area contributed by atoms with Crippen molar-refractivity contribution in [1.29, 1.82) is 0 Å². The first kappa shape index (κ1) is 14.6. The van der Waals surface area contributed by atoms with Crippen LogP contribution in [0.3, 0.4) is 0 Å². The van der Waals surface area contributed by atoms with Gasteiger partial charge in [0.1, 0.15) is 11.9 Å². The summed E-state index contributed by atoms with van der Waals surface area (Å²) >= 11 is 3.45. The maximum atomic E-state index is 10.3. The molecule has 21 heavy (non-hydrogen) atoms. The Hall–Kier alpha value is -1.32. The highest BCUT2D eigenvalue weighted by molar-refractivity contribution is 9.10. The maximum Gasteiger partial charge on any atom is 0.127 e. The molecule has 0 fully saturated rings. The molecule has 1 N–H and O–H groups in total. The van der Waals surface area contributed by atoms with Crippen molar-refractivity contribution in [3.05, 3.63) is 63.6 Å². The Morgan fingerprint density at radius 2 is 1.86 bits per heavy atom. The molecule has 1 heterocycles. The predicted octanol–water partition coefficient (Wildman–Crippen LogP) is 5.13. The van der Waals surface area contributed by atoms with Gasteiger partial charge in [-0.2, -0.15) is 0 Å². The van der Waals surface area contributed by atoms with Crippen LogP contribution in [0.15, 0.2) is 46.9 Å². The maximum absolute atomic E-state index is 10.3. The van der Waals surface area contributed by atoms with Crippen LogP contribution in [0.5, 0.6) is 5.75 Å². The standard InChI is InChI=1S/C18H19BrO2/c1-11(2)12-3-5-13(6-4-12)17-10-16(20)15-8-7-14(19)9-18(15)21-17/h3-9,11,16-17,20H,10H2,1-2H3. The topological polar surface area (TPSA) is 29.5 Å². The van der Waals surface area contributed by atoms with Crippen molar-refractivity contribution >= 4 is 15.9 Å². The number of aliphatic hydroxyl groups is 1. The van der Waals surface area contributed by atoms with Gasteiger partial charge in [0.25, 0.3) is 0 Å². The van der Waals surface area contributed by atoms with Crippen molar-refractivity contribution in [3.8, 4) is 5.75 Å². The number of hydrogen-bond donors (Lipinski definition) is 1. The van der Waals surface area contributed by atoms with Crippen molar-refractivity contribution in [2.45, 2.75) is 38.4 Å². The van der Waals surface area contributed by atoms with E-state index in [-0.39, 0.29) is 6.10 Å². The smallest absolute Gasteiger partial charge is 0.127 e. The Labute approximate surface area is 133 Å². The van der Waals surface area contributed by atoms with Crippen LogP contribution in [0.1, 0.15) is 55.1 Å². The predicted molar refractivity (Wildman–Crippen MR) is 87.6 cm³/mol. The van der Waals surface area contributed by atoms with Gasteiger partial charge < -0.3 is 9.84 Å². The number of aliphatic hydroxyl groups excluding tert-OH is 1. The van der Waals surface area contributed by atoms with Crippen molar-refractivity contribution in [1.82, 2.24) is 0 Å². The quantitative estimate of drug-likeness (QED) is 0.816. The van der Waals surface area contributed by atoms with Crippen LogP contribution >= 0.6 is 15.9 Å². The lowest BCUT2D eigenvalue weighted by atomic mass is 9.93. The zero-order valence-corrected chi connectivity index (χ0v) is 13.8. The average molecular weight is 347 g/mol. The van der Waals surface area contributed by atoms with E-state index in [0.717, 1.165) is 21.3 Å². The van der Waals surface area contributed by atoms with Gasteiger partial charge in [-0.25, -0.2) is 0 Å². The highest BCUT2D eigenvalue weighted by Crippen LogP contribution is 2.41. The number of hydrogen-bond acceptors (Lipinski definition) is 2. The van der Waals surface area contributed by atoms with E-state index >= 15 is 0 Å². The first-order chi connectivity index (χ1) is 10.0. The summed E-state index contributed by atoms with van der Waals surface area (Å²) in [4.78, 5) is 0. The largest absolute Gasteiger partial charge is 0.485 e. The molecule has 0 bridgehead atoms. The normalized spacial score (nSPS) is 21.0. The van der Waals surface area contributed by atoms with Crippen molar-refractivity contribution < 1.29 is 9.84 Å². The monoisotopic (exact) mass is 346 g/mol. The van der Waals surface area contributed by atoms with E-state index in [9.17, 15) is 5.11 Å². The second kappa shape index (κ2) is 5.82. The van der Waals surface area contributed by atoms with Crippen LogP contribution in [-0.2, 0) is 0 Å². The molecule has 0 amide bonds. The van der Waals surface area contributed by atoms with Crippen molar-refractivity contribution in [3.63, 3.8) is 0 Å². The molecule has 2 atom stereocenters. The lowest BCUT2D eigenvalue weighted by Gasteiger charge is -2.30. The molecule has 0 aromatic heterocycles. The SMILES string of the molecule is CC(C)c1ccc(C2CC(O)c3ccc(Br)cc3O2)cc1. The van der Waals surface area contributed by atoms with Crippen LogP contribution in [0.4, 0.5) is 0 Å². The van der Waals surface area contributed by atoms with Gasteiger partial charge in [-0.15, -0.1) is 0 Å². The summed E-state index contributed by atoms with van der Waals surface area (Å²) in [6.45, 7) is 4.37. The molecule has 1 aliphatic heterocycles. The summed E-state index contributed by atoms with van der Waals surface area (Å²) in [6, 6.07) is 14.3. The van der Waals surface area contributed by atoms with E-state index in [1.165, 1.54) is 5.56 Å². The Bertz CT molecular complexity index is 634. The lowest BCUT2D eigenvalue weighted by molar-refractivity contribution is 0.0657. The third kappa shape index (κ3) is 2.99. The lowest BCUT2D eigenvalue weighted by Crippen LogP contribution is -2.19. The number of halogens is 1. The second-order valence-electron chi connectivity index (χ2n) is 5.86. The molecule has 1 aliphatic rings. The first-order valence-corrected chi connectivity index (χ1v) is 8.08. The third-order valence-electron chi connectivity index (χ3n) is 4.02. The molecule has 0 radical (unpaired) electrons. The van der Waals surface area contributed by atoms with Gasteiger partial charge in [-0.1, -0.05) is 60.1 Å².